The van der Waals surface area contributed by atoms with Crippen LogP contribution >= 0.6 is 23.2 Å². The standard InChI is InChI=1S/C26H33Cl2N3O6S/c1-6-21(25(33)29-26(3,4)5)30(14-17-8-9-18(27)12-20(17)28)24(32)15-31(38(34,35)7-2)19-10-11-22-23(13-19)37-16-36-22/h8-13,21H,6-7,14-16H2,1-5H3,(H,29,33)/t21-/m1/s1. The number of benzene rings is 2. The van der Waals surface area contributed by atoms with Crippen LogP contribution in [0.2, 0.25) is 10.0 Å². The summed E-state index contributed by atoms with van der Waals surface area (Å²) in [5.74, 6) is -0.294. The number of carbonyl (C=O) groups excluding carboxylic acids is 2. The minimum atomic E-state index is -3.88. The molecule has 12 heteroatoms. The Morgan fingerprint density at radius 1 is 1.05 bits per heavy atom. The predicted molar refractivity (Wildman–Crippen MR) is 148 cm³/mol. The van der Waals surface area contributed by atoms with Crippen LogP contribution in [0.1, 0.15) is 46.6 Å². The number of nitrogens with one attached hydrogen (secondary N) is 1. The fourth-order valence-electron chi connectivity index (χ4n) is 3.97. The Kier molecular flexibility index (Phi) is 9.43. The zero-order chi connectivity index (χ0) is 28.3. The molecule has 0 aliphatic carbocycles. The first-order valence-corrected chi connectivity index (χ1v) is 14.6. The summed E-state index contributed by atoms with van der Waals surface area (Å²) >= 11 is 12.5. The summed E-state index contributed by atoms with van der Waals surface area (Å²) in [6.45, 7) is 8.28. The zero-order valence-electron chi connectivity index (χ0n) is 22.1. The van der Waals surface area contributed by atoms with E-state index in [4.69, 9.17) is 32.7 Å². The fraction of sp³-hybridized carbons (Fsp3) is 0.462. The Bertz CT molecular complexity index is 1300. The first-order chi connectivity index (χ1) is 17.8. The van der Waals surface area contributed by atoms with Crippen LogP contribution in [-0.4, -0.2) is 55.8 Å². The molecule has 0 fully saturated rings. The van der Waals surface area contributed by atoms with E-state index in [1.165, 1.54) is 17.9 Å². The molecule has 1 aliphatic heterocycles. The number of amides is 2. The molecular weight excluding hydrogens is 553 g/mol. The van der Waals surface area contributed by atoms with Gasteiger partial charge in [0.05, 0.1) is 11.4 Å². The molecule has 0 spiro atoms. The number of ether oxygens (including phenoxy) is 2. The summed E-state index contributed by atoms with van der Waals surface area (Å²) in [6, 6.07) is 8.66. The van der Waals surface area contributed by atoms with Gasteiger partial charge in [-0.3, -0.25) is 13.9 Å². The monoisotopic (exact) mass is 585 g/mol. The molecule has 3 rings (SSSR count). The molecule has 0 aromatic heterocycles. The third-order valence-corrected chi connectivity index (χ3v) is 8.19. The van der Waals surface area contributed by atoms with E-state index in [2.05, 4.69) is 5.32 Å². The molecule has 1 heterocycles. The average molecular weight is 587 g/mol. The van der Waals surface area contributed by atoms with Gasteiger partial charge in [-0.25, -0.2) is 8.42 Å². The Morgan fingerprint density at radius 3 is 2.34 bits per heavy atom. The van der Waals surface area contributed by atoms with Crippen molar-refractivity contribution in [2.45, 2.75) is 59.2 Å². The number of nitrogens with zero attached hydrogens (tertiary/aromatic N) is 2. The molecule has 0 saturated heterocycles. The lowest BCUT2D eigenvalue weighted by Gasteiger charge is -2.35. The van der Waals surface area contributed by atoms with Crippen molar-refractivity contribution >= 4 is 50.7 Å². The fourth-order valence-corrected chi connectivity index (χ4v) is 5.49. The second-order valence-corrected chi connectivity index (χ2v) is 12.9. The number of sulfonamides is 1. The predicted octanol–water partition coefficient (Wildman–Crippen LogP) is 4.60. The lowest BCUT2D eigenvalue weighted by molar-refractivity contribution is -0.141. The van der Waals surface area contributed by atoms with Crippen LogP contribution in [0.3, 0.4) is 0 Å². The van der Waals surface area contributed by atoms with E-state index in [1.54, 1.807) is 37.3 Å². The number of carbonyl (C=O) groups is 2. The van der Waals surface area contributed by atoms with Crippen molar-refractivity contribution in [2.75, 3.05) is 23.4 Å². The SMILES string of the molecule is CC[C@H](C(=O)NC(C)(C)C)N(Cc1ccc(Cl)cc1Cl)C(=O)CN(c1ccc2c(c1)OCO2)S(=O)(=O)CC. The largest absolute Gasteiger partial charge is 0.454 e. The van der Waals surface area contributed by atoms with Crippen molar-refractivity contribution in [2.24, 2.45) is 0 Å². The van der Waals surface area contributed by atoms with Gasteiger partial charge in [-0.05, 0) is 63.9 Å². The van der Waals surface area contributed by atoms with Crippen molar-refractivity contribution in [1.82, 2.24) is 10.2 Å². The van der Waals surface area contributed by atoms with Gasteiger partial charge in [0.2, 0.25) is 28.6 Å². The summed E-state index contributed by atoms with van der Waals surface area (Å²) in [4.78, 5) is 28.5. The lowest BCUT2D eigenvalue weighted by Crippen LogP contribution is -2.55. The number of halogens is 2. The van der Waals surface area contributed by atoms with Crippen molar-refractivity contribution in [1.29, 1.82) is 0 Å². The van der Waals surface area contributed by atoms with E-state index in [0.29, 0.717) is 33.5 Å². The van der Waals surface area contributed by atoms with Gasteiger partial charge in [-0.15, -0.1) is 0 Å². The first-order valence-electron chi connectivity index (χ1n) is 12.2. The van der Waals surface area contributed by atoms with E-state index >= 15 is 0 Å². The Hall–Kier alpha value is -2.69. The topological polar surface area (TPSA) is 105 Å². The van der Waals surface area contributed by atoms with Gasteiger partial charge in [0.15, 0.2) is 11.5 Å². The van der Waals surface area contributed by atoms with Gasteiger partial charge < -0.3 is 19.7 Å². The maximum atomic E-state index is 13.9. The zero-order valence-corrected chi connectivity index (χ0v) is 24.4. The summed E-state index contributed by atoms with van der Waals surface area (Å²) in [6.07, 6.45) is 0.295. The van der Waals surface area contributed by atoms with Crippen molar-refractivity contribution in [3.05, 3.63) is 52.0 Å². The molecule has 0 radical (unpaired) electrons. The molecule has 1 atom stereocenters. The second kappa shape index (κ2) is 12.0. The van der Waals surface area contributed by atoms with Crippen LogP contribution in [0.5, 0.6) is 11.5 Å². The second-order valence-electron chi connectivity index (χ2n) is 9.87. The molecular formula is C26H33Cl2N3O6S. The normalized spacial score (nSPS) is 13.7. The van der Waals surface area contributed by atoms with Crippen LogP contribution in [0, 0.1) is 0 Å². The molecule has 38 heavy (non-hydrogen) atoms. The summed E-state index contributed by atoms with van der Waals surface area (Å²) < 4.78 is 38.0. The van der Waals surface area contributed by atoms with Crippen molar-refractivity contribution in [3.63, 3.8) is 0 Å². The van der Waals surface area contributed by atoms with E-state index in [-0.39, 0.29) is 30.7 Å². The molecule has 0 unspecified atom stereocenters. The molecule has 9 nitrogen and oxygen atoms in total. The van der Waals surface area contributed by atoms with Crippen LogP contribution < -0.4 is 19.1 Å². The van der Waals surface area contributed by atoms with E-state index < -0.39 is 34.1 Å². The van der Waals surface area contributed by atoms with Gasteiger partial charge in [-0.1, -0.05) is 36.2 Å². The number of rotatable bonds is 10. The van der Waals surface area contributed by atoms with Crippen LogP contribution in [-0.2, 0) is 26.2 Å². The molecule has 2 aromatic carbocycles. The maximum absolute atomic E-state index is 13.9. The van der Waals surface area contributed by atoms with Crippen LogP contribution in [0.4, 0.5) is 5.69 Å². The summed E-state index contributed by atoms with van der Waals surface area (Å²) in [7, 11) is -3.88. The van der Waals surface area contributed by atoms with Gasteiger partial charge in [0.25, 0.3) is 0 Å². The van der Waals surface area contributed by atoms with Gasteiger partial charge >= 0.3 is 0 Å². The summed E-state index contributed by atoms with van der Waals surface area (Å²) in [5, 5.41) is 3.68. The van der Waals surface area contributed by atoms with Crippen LogP contribution in [0.15, 0.2) is 36.4 Å². The Labute approximate surface area is 234 Å². The third kappa shape index (κ3) is 7.24. The van der Waals surface area contributed by atoms with Crippen LogP contribution in [0.25, 0.3) is 0 Å². The molecule has 0 bridgehead atoms. The summed E-state index contributed by atoms with van der Waals surface area (Å²) in [5.41, 5.74) is 0.279. The Balaban J connectivity index is 2.01. The van der Waals surface area contributed by atoms with Crippen molar-refractivity contribution in [3.8, 4) is 11.5 Å². The molecule has 0 saturated carbocycles. The number of anilines is 1. The first kappa shape index (κ1) is 29.9. The molecule has 1 N–H and O–H groups in total. The molecule has 2 aromatic rings. The molecule has 1 aliphatic rings. The highest BCUT2D eigenvalue weighted by Gasteiger charge is 2.34. The highest BCUT2D eigenvalue weighted by molar-refractivity contribution is 7.92. The molecule has 2 amide bonds. The quantitative estimate of drug-likeness (QED) is 0.437. The number of hydrogen-bond acceptors (Lipinski definition) is 6. The smallest absolute Gasteiger partial charge is 0.244 e. The third-order valence-electron chi connectivity index (χ3n) is 5.86. The van der Waals surface area contributed by atoms with Gasteiger partial charge in [0, 0.05) is 28.2 Å². The number of fused-ring (bicyclic) bond motifs is 1. The van der Waals surface area contributed by atoms with E-state index in [9.17, 15) is 18.0 Å². The van der Waals surface area contributed by atoms with Crippen molar-refractivity contribution < 1.29 is 27.5 Å². The lowest BCUT2D eigenvalue weighted by atomic mass is 10.1. The minimum Gasteiger partial charge on any atom is -0.454 e. The highest BCUT2D eigenvalue weighted by atomic mass is 35.5. The maximum Gasteiger partial charge on any atom is 0.244 e. The number of hydrogen-bond donors (Lipinski definition) is 1. The van der Waals surface area contributed by atoms with E-state index in [0.717, 1.165) is 4.31 Å². The molecule has 208 valence electrons. The highest BCUT2D eigenvalue weighted by Crippen LogP contribution is 2.36. The van der Waals surface area contributed by atoms with E-state index in [1.807, 2.05) is 20.8 Å². The minimum absolute atomic E-state index is 0.0218. The van der Waals surface area contributed by atoms with Gasteiger partial charge in [0.1, 0.15) is 12.6 Å². The average Bonchev–Trinajstić information content (AvgIpc) is 3.30. The van der Waals surface area contributed by atoms with Gasteiger partial charge in [-0.2, -0.15) is 0 Å². The Morgan fingerprint density at radius 2 is 1.74 bits per heavy atom.